The lowest BCUT2D eigenvalue weighted by atomic mass is 9.78. The highest BCUT2D eigenvalue weighted by Gasteiger charge is 2.46. The van der Waals surface area contributed by atoms with E-state index in [1.807, 2.05) is 31.2 Å². The maximum Gasteiger partial charge on any atom is 0.316 e. The highest BCUT2D eigenvalue weighted by molar-refractivity contribution is 8.01. The van der Waals surface area contributed by atoms with Gasteiger partial charge in [0.2, 0.25) is 0 Å². The van der Waals surface area contributed by atoms with Gasteiger partial charge in [0.05, 0.1) is 12.3 Å². The van der Waals surface area contributed by atoms with Crippen LogP contribution in [0.1, 0.15) is 20.3 Å². The number of para-hydroxylation sites is 1. The summed E-state index contributed by atoms with van der Waals surface area (Å²) in [5.41, 5.74) is 1.81. The van der Waals surface area contributed by atoms with Gasteiger partial charge < -0.3 is 4.74 Å². The average molecular weight is 303 g/mol. The monoisotopic (exact) mass is 303 g/mol. The van der Waals surface area contributed by atoms with Gasteiger partial charge in [0.25, 0.3) is 0 Å². The predicted octanol–water partition coefficient (Wildman–Crippen LogP) is 3.02. The van der Waals surface area contributed by atoms with E-state index in [0.29, 0.717) is 13.0 Å². The molecule has 3 unspecified atom stereocenters. The van der Waals surface area contributed by atoms with Crippen molar-refractivity contribution in [2.24, 2.45) is 16.8 Å². The van der Waals surface area contributed by atoms with Crippen molar-refractivity contribution in [2.45, 2.75) is 30.4 Å². The molecule has 1 aromatic carbocycles. The van der Waals surface area contributed by atoms with Gasteiger partial charge in [-0.3, -0.25) is 14.6 Å². The molecule has 2 aliphatic rings. The van der Waals surface area contributed by atoms with Crippen molar-refractivity contribution in [2.75, 3.05) is 6.61 Å². The summed E-state index contributed by atoms with van der Waals surface area (Å²) < 4.78 is 5.06. The van der Waals surface area contributed by atoms with Gasteiger partial charge in [-0.2, -0.15) is 0 Å². The van der Waals surface area contributed by atoms with Gasteiger partial charge in [-0.1, -0.05) is 19.1 Å². The van der Waals surface area contributed by atoms with Gasteiger partial charge in [0.15, 0.2) is 5.78 Å². The van der Waals surface area contributed by atoms with E-state index < -0.39 is 11.9 Å². The minimum absolute atomic E-state index is 0.0580. The zero-order valence-electron chi connectivity index (χ0n) is 12.0. The Morgan fingerprint density at radius 3 is 2.95 bits per heavy atom. The summed E-state index contributed by atoms with van der Waals surface area (Å²) in [7, 11) is 0. The Balaban J connectivity index is 1.92. The van der Waals surface area contributed by atoms with Gasteiger partial charge in [0.1, 0.15) is 11.2 Å². The van der Waals surface area contributed by atoms with Crippen LogP contribution in [0.3, 0.4) is 0 Å². The van der Waals surface area contributed by atoms with Crippen molar-refractivity contribution in [3.8, 4) is 0 Å². The van der Waals surface area contributed by atoms with E-state index in [1.54, 1.807) is 6.92 Å². The third kappa shape index (κ3) is 2.50. The maximum atomic E-state index is 12.7. The molecule has 0 amide bonds. The molecular formula is C16H17NO3S. The predicted molar refractivity (Wildman–Crippen MR) is 82.1 cm³/mol. The number of Topliss-reactive ketones (excluding diaryl/α,β-unsaturated/α-hetero) is 1. The number of carbonyl (C=O) groups is 2. The topological polar surface area (TPSA) is 55.7 Å². The zero-order chi connectivity index (χ0) is 15.0. The fourth-order valence-electron chi connectivity index (χ4n) is 2.90. The largest absolute Gasteiger partial charge is 0.465 e. The lowest BCUT2D eigenvalue weighted by Crippen LogP contribution is -2.47. The number of esters is 1. The van der Waals surface area contributed by atoms with Crippen LogP contribution in [0.15, 0.2) is 34.2 Å². The van der Waals surface area contributed by atoms with Crippen LogP contribution in [0.25, 0.3) is 0 Å². The van der Waals surface area contributed by atoms with Crippen LogP contribution in [0, 0.1) is 11.8 Å². The van der Waals surface area contributed by atoms with E-state index in [0.717, 1.165) is 16.3 Å². The van der Waals surface area contributed by atoms with Gasteiger partial charge in [-0.15, -0.1) is 11.8 Å². The first-order chi connectivity index (χ1) is 10.1. The van der Waals surface area contributed by atoms with Crippen LogP contribution >= 0.6 is 11.8 Å². The molecule has 1 aliphatic carbocycles. The second kappa shape index (κ2) is 5.64. The molecule has 4 nitrogen and oxygen atoms in total. The number of ketones is 1. The Kier molecular flexibility index (Phi) is 3.85. The molecule has 1 fully saturated rings. The van der Waals surface area contributed by atoms with Crippen molar-refractivity contribution >= 4 is 34.9 Å². The number of hydrogen-bond acceptors (Lipinski definition) is 5. The fraction of sp³-hybridized carbons (Fsp3) is 0.438. The second-order valence-corrected chi connectivity index (χ2v) is 6.53. The molecule has 3 rings (SSSR count). The number of rotatable bonds is 2. The molecule has 0 aromatic heterocycles. The van der Waals surface area contributed by atoms with Crippen LogP contribution in [0.4, 0.5) is 5.69 Å². The van der Waals surface area contributed by atoms with E-state index in [4.69, 9.17) is 4.74 Å². The smallest absolute Gasteiger partial charge is 0.316 e. The lowest BCUT2D eigenvalue weighted by molar-refractivity contribution is -0.153. The van der Waals surface area contributed by atoms with Gasteiger partial charge in [-0.05, 0) is 31.4 Å². The molecule has 1 aliphatic heterocycles. The molecule has 0 radical (unpaired) electrons. The summed E-state index contributed by atoms with van der Waals surface area (Å²) in [6, 6.07) is 7.80. The standard InChI is InChI=1S/C16H17NO3S/c1-3-20-16(19)13-9(2)8-11-15(14(13)18)21-12-7-5-4-6-10(12)17-11/h4-7,9,13,15H,3,8H2,1-2H3. The second-order valence-electron chi connectivity index (χ2n) is 5.38. The fourth-order valence-corrected chi connectivity index (χ4v) is 4.10. The van der Waals surface area contributed by atoms with Crippen LogP contribution in [0.2, 0.25) is 0 Å². The molecule has 3 atom stereocenters. The summed E-state index contributed by atoms with van der Waals surface area (Å²) in [5, 5.41) is -0.342. The quantitative estimate of drug-likeness (QED) is 0.622. The Morgan fingerprint density at radius 1 is 1.43 bits per heavy atom. The Labute approximate surface area is 128 Å². The summed E-state index contributed by atoms with van der Waals surface area (Å²) in [6.45, 7) is 3.98. The molecule has 5 heteroatoms. The molecule has 1 saturated carbocycles. The first-order valence-electron chi connectivity index (χ1n) is 7.15. The Hall–Kier alpha value is -1.62. The van der Waals surface area contributed by atoms with Crippen molar-refractivity contribution in [3.05, 3.63) is 24.3 Å². The van der Waals surface area contributed by atoms with Crippen LogP contribution in [-0.2, 0) is 14.3 Å². The van der Waals surface area contributed by atoms with E-state index in [2.05, 4.69) is 4.99 Å². The van der Waals surface area contributed by atoms with Crippen molar-refractivity contribution in [3.63, 3.8) is 0 Å². The maximum absolute atomic E-state index is 12.7. The zero-order valence-corrected chi connectivity index (χ0v) is 12.9. The number of hydrogen-bond donors (Lipinski definition) is 0. The molecule has 21 heavy (non-hydrogen) atoms. The molecule has 0 bridgehead atoms. The number of ether oxygens (including phenoxy) is 1. The molecule has 0 spiro atoms. The first-order valence-corrected chi connectivity index (χ1v) is 8.03. The third-order valence-electron chi connectivity index (χ3n) is 3.88. The highest BCUT2D eigenvalue weighted by Crippen LogP contribution is 2.43. The van der Waals surface area contributed by atoms with Gasteiger partial charge in [0, 0.05) is 10.6 Å². The normalized spacial score (nSPS) is 27.4. The number of carbonyl (C=O) groups excluding carboxylic acids is 2. The molecule has 0 N–H and O–H groups in total. The van der Waals surface area contributed by atoms with E-state index in [1.165, 1.54) is 11.8 Å². The number of nitrogens with zero attached hydrogens (tertiary/aromatic N) is 1. The lowest BCUT2D eigenvalue weighted by Gasteiger charge is -2.34. The van der Waals surface area contributed by atoms with E-state index in [9.17, 15) is 9.59 Å². The summed E-state index contributed by atoms with van der Waals surface area (Å²) in [6.07, 6.45) is 0.668. The van der Waals surface area contributed by atoms with Crippen LogP contribution in [0.5, 0.6) is 0 Å². The molecule has 1 aromatic rings. The van der Waals surface area contributed by atoms with Gasteiger partial charge >= 0.3 is 5.97 Å². The average Bonchev–Trinajstić information content (AvgIpc) is 2.46. The first kappa shape index (κ1) is 14.3. The highest BCUT2D eigenvalue weighted by atomic mass is 32.2. The van der Waals surface area contributed by atoms with Crippen molar-refractivity contribution in [1.82, 2.24) is 0 Å². The summed E-state index contributed by atoms with van der Waals surface area (Å²) in [5.74, 6) is -1.18. The van der Waals surface area contributed by atoms with Crippen LogP contribution < -0.4 is 0 Å². The number of aliphatic imine (C=N–C) groups is 1. The molecule has 0 saturated heterocycles. The third-order valence-corrected chi connectivity index (χ3v) is 5.22. The summed E-state index contributed by atoms with van der Waals surface area (Å²) in [4.78, 5) is 30.4. The minimum atomic E-state index is -0.660. The molecular weight excluding hydrogens is 286 g/mol. The number of thioether (sulfide) groups is 1. The Morgan fingerprint density at radius 2 is 2.19 bits per heavy atom. The Bertz CT molecular complexity index is 626. The van der Waals surface area contributed by atoms with Gasteiger partial charge in [-0.25, -0.2) is 0 Å². The van der Waals surface area contributed by atoms with Crippen molar-refractivity contribution < 1.29 is 14.3 Å². The van der Waals surface area contributed by atoms with Crippen LogP contribution in [-0.4, -0.2) is 29.3 Å². The number of benzene rings is 1. The summed E-state index contributed by atoms with van der Waals surface area (Å²) >= 11 is 1.50. The number of fused-ring (bicyclic) bond motifs is 2. The van der Waals surface area contributed by atoms with E-state index in [-0.39, 0.29) is 17.0 Å². The van der Waals surface area contributed by atoms with Crippen molar-refractivity contribution in [1.29, 1.82) is 0 Å². The molecule has 1 heterocycles. The SMILES string of the molecule is CCOC(=O)C1C(=O)C2Sc3ccccc3N=C2CC1C. The molecule has 110 valence electrons. The van der Waals surface area contributed by atoms with E-state index >= 15 is 0 Å². The minimum Gasteiger partial charge on any atom is -0.465 e.